The lowest BCUT2D eigenvalue weighted by Crippen LogP contribution is -2.30. The van der Waals surface area contributed by atoms with E-state index in [1.54, 1.807) is 0 Å². The normalized spacial score (nSPS) is 20.6. The molecule has 0 aliphatic carbocycles. The molecule has 2 aromatic heterocycles. The maximum Gasteiger partial charge on any atom is 0.227 e. The minimum atomic E-state index is 0.0402. The first-order valence-corrected chi connectivity index (χ1v) is 8.75. The second-order valence-electron chi connectivity index (χ2n) is 7.17. The van der Waals surface area contributed by atoms with Gasteiger partial charge in [-0.05, 0) is 33.3 Å². The van der Waals surface area contributed by atoms with Crippen molar-refractivity contribution in [1.29, 1.82) is 0 Å². The van der Waals surface area contributed by atoms with Gasteiger partial charge in [0.05, 0.1) is 18.3 Å². The first kappa shape index (κ1) is 17.7. The molecule has 0 bridgehead atoms. The number of carbonyl (C=O) groups excluding carboxylic acids is 1. The van der Waals surface area contributed by atoms with Crippen LogP contribution in [0.15, 0.2) is 16.9 Å². The van der Waals surface area contributed by atoms with Gasteiger partial charge in [-0.3, -0.25) is 9.48 Å². The monoisotopic (exact) mass is 346 g/mol. The molecule has 2 atom stereocenters. The van der Waals surface area contributed by atoms with Gasteiger partial charge in [-0.2, -0.15) is 5.10 Å². The summed E-state index contributed by atoms with van der Waals surface area (Å²) >= 11 is 0. The van der Waals surface area contributed by atoms with Gasteiger partial charge in [0.15, 0.2) is 0 Å². The van der Waals surface area contributed by atoms with Crippen molar-refractivity contribution in [3.05, 3.63) is 35.0 Å². The maximum absolute atomic E-state index is 12.7. The Morgan fingerprint density at radius 2 is 2.16 bits per heavy atom. The topological polar surface area (TPSA) is 84.4 Å². The first-order chi connectivity index (χ1) is 11.9. The van der Waals surface area contributed by atoms with Crippen molar-refractivity contribution >= 4 is 5.91 Å². The van der Waals surface area contributed by atoms with E-state index in [9.17, 15) is 9.90 Å². The van der Waals surface area contributed by atoms with Crippen molar-refractivity contribution in [2.24, 2.45) is 5.92 Å². The third kappa shape index (κ3) is 3.46. The number of likely N-dealkylation sites (tertiary alicyclic amines) is 1. The number of amides is 1. The van der Waals surface area contributed by atoms with E-state index < -0.39 is 0 Å². The molecule has 0 aromatic carbocycles. The van der Waals surface area contributed by atoms with Gasteiger partial charge < -0.3 is 14.5 Å². The van der Waals surface area contributed by atoms with Crippen molar-refractivity contribution in [3.63, 3.8) is 0 Å². The van der Waals surface area contributed by atoms with Crippen LogP contribution in [-0.4, -0.2) is 50.5 Å². The zero-order valence-electron chi connectivity index (χ0n) is 15.3. The molecule has 1 fully saturated rings. The fraction of sp³-hybridized carbons (Fsp3) is 0.611. The average Bonchev–Trinajstić information content (AvgIpc) is 3.28. The predicted molar refractivity (Wildman–Crippen MR) is 92.2 cm³/mol. The lowest BCUT2D eigenvalue weighted by Gasteiger charge is -2.16. The van der Waals surface area contributed by atoms with Gasteiger partial charge in [0.25, 0.3) is 0 Å². The molecule has 7 nitrogen and oxygen atoms in total. The Balaban J connectivity index is 1.73. The SMILES string of the molecule is Cc1noc(C)c1CC(=O)N1C[C@@H](CO)[C@H](c2cnn(C(C)C)c2)C1. The van der Waals surface area contributed by atoms with Crippen LogP contribution in [0.5, 0.6) is 0 Å². The fourth-order valence-electron chi connectivity index (χ4n) is 3.48. The summed E-state index contributed by atoms with van der Waals surface area (Å²) in [6.45, 7) is 9.07. The largest absolute Gasteiger partial charge is 0.396 e. The molecule has 1 amide bonds. The van der Waals surface area contributed by atoms with Gasteiger partial charge in [0, 0.05) is 49.3 Å². The average molecular weight is 346 g/mol. The first-order valence-electron chi connectivity index (χ1n) is 8.75. The molecule has 1 aliphatic heterocycles. The third-order valence-corrected chi connectivity index (χ3v) is 5.12. The predicted octanol–water partition coefficient (Wildman–Crippen LogP) is 1.85. The Hall–Kier alpha value is -2.15. The van der Waals surface area contributed by atoms with Crippen LogP contribution in [0, 0.1) is 19.8 Å². The zero-order chi connectivity index (χ0) is 18.1. The highest BCUT2D eigenvalue weighted by atomic mass is 16.5. The number of aromatic nitrogens is 3. The molecule has 3 heterocycles. The molecule has 3 rings (SSSR count). The highest BCUT2D eigenvalue weighted by Gasteiger charge is 2.36. The Morgan fingerprint density at radius 3 is 2.72 bits per heavy atom. The molecule has 25 heavy (non-hydrogen) atoms. The van der Waals surface area contributed by atoms with Crippen molar-refractivity contribution in [2.75, 3.05) is 19.7 Å². The van der Waals surface area contributed by atoms with Gasteiger partial charge in [0.2, 0.25) is 5.91 Å². The number of hydrogen-bond acceptors (Lipinski definition) is 5. The van der Waals surface area contributed by atoms with Gasteiger partial charge >= 0.3 is 0 Å². The van der Waals surface area contributed by atoms with Crippen LogP contribution in [0.3, 0.4) is 0 Å². The van der Waals surface area contributed by atoms with Crippen molar-refractivity contribution < 1.29 is 14.4 Å². The minimum Gasteiger partial charge on any atom is -0.396 e. The fourth-order valence-corrected chi connectivity index (χ4v) is 3.48. The highest BCUT2D eigenvalue weighted by molar-refractivity contribution is 5.79. The summed E-state index contributed by atoms with van der Waals surface area (Å²) < 4.78 is 7.06. The van der Waals surface area contributed by atoms with E-state index in [-0.39, 0.29) is 30.8 Å². The second-order valence-corrected chi connectivity index (χ2v) is 7.17. The third-order valence-electron chi connectivity index (χ3n) is 5.12. The summed E-state index contributed by atoms with van der Waals surface area (Å²) in [5.41, 5.74) is 2.71. The molecule has 0 radical (unpaired) electrons. The van der Waals surface area contributed by atoms with Crippen molar-refractivity contribution in [1.82, 2.24) is 19.8 Å². The number of aliphatic hydroxyl groups excluding tert-OH is 1. The number of aryl methyl sites for hydroxylation is 2. The summed E-state index contributed by atoms with van der Waals surface area (Å²) in [6, 6.07) is 0.292. The van der Waals surface area contributed by atoms with Crippen molar-refractivity contribution in [2.45, 2.75) is 46.1 Å². The molecule has 0 saturated carbocycles. The number of rotatable bonds is 5. The number of carbonyl (C=O) groups is 1. The van der Waals surface area contributed by atoms with E-state index in [1.807, 2.05) is 35.8 Å². The lowest BCUT2D eigenvalue weighted by atomic mass is 9.92. The van der Waals surface area contributed by atoms with Gasteiger partial charge in [-0.15, -0.1) is 0 Å². The molecular weight excluding hydrogens is 320 g/mol. The smallest absolute Gasteiger partial charge is 0.227 e. The highest BCUT2D eigenvalue weighted by Crippen LogP contribution is 2.33. The Labute approximate surface area is 147 Å². The van der Waals surface area contributed by atoms with Crippen LogP contribution in [0.1, 0.15) is 48.4 Å². The lowest BCUT2D eigenvalue weighted by molar-refractivity contribution is -0.129. The van der Waals surface area contributed by atoms with Crippen LogP contribution >= 0.6 is 0 Å². The summed E-state index contributed by atoms with van der Waals surface area (Å²) in [4.78, 5) is 14.6. The maximum atomic E-state index is 12.7. The Bertz CT molecular complexity index is 730. The Kier molecular flexibility index (Phi) is 4.94. The van der Waals surface area contributed by atoms with E-state index in [0.29, 0.717) is 24.9 Å². The van der Waals surface area contributed by atoms with E-state index in [4.69, 9.17) is 4.52 Å². The molecule has 2 aromatic rings. The second kappa shape index (κ2) is 7.00. The summed E-state index contributed by atoms with van der Waals surface area (Å²) in [5, 5.41) is 18.1. The van der Waals surface area contributed by atoms with E-state index >= 15 is 0 Å². The quantitative estimate of drug-likeness (QED) is 0.893. The van der Waals surface area contributed by atoms with Gasteiger partial charge in [-0.25, -0.2) is 0 Å². The van der Waals surface area contributed by atoms with Crippen molar-refractivity contribution in [3.8, 4) is 0 Å². The Morgan fingerprint density at radius 1 is 1.40 bits per heavy atom. The molecule has 0 unspecified atom stereocenters. The number of hydrogen-bond donors (Lipinski definition) is 1. The molecule has 1 saturated heterocycles. The number of aliphatic hydroxyl groups is 1. The molecule has 1 N–H and O–H groups in total. The molecule has 136 valence electrons. The summed E-state index contributed by atoms with van der Waals surface area (Å²) in [7, 11) is 0. The van der Waals surface area contributed by atoms with Crippen LogP contribution in [-0.2, 0) is 11.2 Å². The van der Waals surface area contributed by atoms with Gasteiger partial charge in [0.1, 0.15) is 5.76 Å². The molecule has 0 spiro atoms. The summed E-state index contributed by atoms with van der Waals surface area (Å²) in [6.07, 6.45) is 4.17. The van der Waals surface area contributed by atoms with E-state index in [0.717, 1.165) is 16.8 Å². The van der Waals surface area contributed by atoms with E-state index in [2.05, 4.69) is 24.1 Å². The zero-order valence-corrected chi connectivity index (χ0v) is 15.3. The molecule has 7 heteroatoms. The number of nitrogens with zero attached hydrogens (tertiary/aromatic N) is 4. The standard InChI is InChI=1S/C18H26N4O3/c1-11(2)22-8-14(6-19-22)17-9-21(7-15(17)10-23)18(24)5-16-12(3)20-25-13(16)4/h6,8,11,15,17,23H,5,7,9-10H2,1-4H3/t15-,17-/m0/s1. The van der Waals surface area contributed by atoms with Gasteiger partial charge in [-0.1, -0.05) is 5.16 Å². The van der Waals surface area contributed by atoms with Crippen LogP contribution < -0.4 is 0 Å². The van der Waals surface area contributed by atoms with E-state index in [1.165, 1.54) is 0 Å². The summed E-state index contributed by atoms with van der Waals surface area (Å²) in [5.74, 6) is 0.898. The van der Waals surface area contributed by atoms with Crippen LogP contribution in [0.4, 0.5) is 0 Å². The van der Waals surface area contributed by atoms with Crippen LogP contribution in [0.2, 0.25) is 0 Å². The molecular formula is C18H26N4O3. The van der Waals surface area contributed by atoms with Crippen LogP contribution in [0.25, 0.3) is 0 Å². The minimum absolute atomic E-state index is 0.0402. The molecule has 1 aliphatic rings.